The van der Waals surface area contributed by atoms with Crippen LogP contribution in [0.3, 0.4) is 0 Å². The number of amides is 1. The van der Waals surface area contributed by atoms with E-state index in [0.717, 1.165) is 0 Å². The van der Waals surface area contributed by atoms with E-state index in [1.165, 1.54) is 20.2 Å². The molecule has 0 bridgehead atoms. The average molecular weight is 343 g/mol. The number of carbonyl (C=O) groups is 1. The first-order valence-electron chi connectivity index (χ1n) is 6.47. The van der Waals surface area contributed by atoms with Crippen LogP contribution in [0.5, 0.6) is 0 Å². The summed E-state index contributed by atoms with van der Waals surface area (Å²) in [6.45, 7) is 1.34. The minimum absolute atomic E-state index is 0.241. The number of oxazole rings is 1. The molecule has 2 rings (SSSR count). The van der Waals surface area contributed by atoms with Crippen LogP contribution < -0.4 is 5.32 Å². The highest BCUT2D eigenvalue weighted by molar-refractivity contribution is 7.92. The third-order valence-corrected chi connectivity index (χ3v) is 5.35. The minimum Gasteiger partial charge on any atom is -0.444 e. The molecule has 0 aliphatic carbocycles. The first-order valence-corrected chi connectivity index (χ1v) is 8.56. The maximum absolute atomic E-state index is 12.1. The summed E-state index contributed by atoms with van der Waals surface area (Å²) >= 11 is 5.89. The Morgan fingerprint density at radius 2 is 2.18 bits per heavy atom. The Morgan fingerprint density at radius 3 is 2.82 bits per heavy atom. The second kappa shape index (κ2) is 6.50. The van der Waals surface area contributed by atoms with Gasteiger partial charge in [0.1, 0.15) is 11.5 Å². The van der Waals surface area contributed by atoms with Gasteiger partial charge in [0.25, 0.3) is 0 Å². The second-order valence-electron chi connectivity index (χ2n) is 4.72. The van der Waals surface area contributed by atoms with Crippen LogP contribution in [0.25, 0.3) is 11.5 Å². The van der Waals surface area contributed by atoms with Gasteiger partial charge < -0.3 is 9.73 Å². The Labute approximate surface area is 133 Å². The summed E-state index contributed by atoms with van der Waals surface area (Å²) in [6.07, 6.45) is 1.27. The molecule has 0 saturated heterocycles. The largest absolute Gasteiger partial charge is 0.444 e. The predicted octanol–water partition coefficient (Wildman–Crippen LogP) is 2.04. The molecule has 1 N–H and O–H groups in total. The van der Waals surface area contributed by atoms with Crippen LogP contribution in [-0.4, -0.2) is 31.6 Å². The number of benzene rings is 1. The third kappa shape index (κ3) is 3.66. The molecule has 1 amide bonds. The zero-order valence-electron chi connectivity index (χ0n) is 12.0. The fourth-order valence-electron chi connectivity index (χ4n) is 1.82. The third-order valence-electron chi connectivity index (χ3n) is 3.13. The molecule has 0 aliphatic heterocycles. The van der Waals surface area contributed by atoms with E-state index >= 15 is 0 Å². The number of halogens is 1. The van der Waals surface area contributed by atoms with Crippen LogP contribution >= 0.6 is 11.6 Å². The van der Waals surface area contributed by atoms with Gasteiger partial charge >= 0.3 is 0 Å². The van der Waals surface area contributed by atoms with E-state index in [-0.39, 0.29) is 17.3 Å². The normalized spacial score (nSPS) is 12.9. The molecular weight excluding hydrogens is 328 g/mol. The Hall–Kier alpha value is -1.86. The molecule has 1 aromatic heterocycles. The van der Waals surface area contributed by atoms with E-state index in [1.54, 1.807) is 24.3 Å². The van der Waals surface area contributed by atoms with E-state index in [4.69, 9.17) is 16.0 Å². The number of nitrogens with zero attached hydrogens (tertiary/aromatic N) is 1. The average Bonchev–Trinajstić information content (AvgIpc) is 2.93. The van der Waals surface area contributed by atoms with Crippen LogP contribution in [0.15, 0.2) is 34.9 Å². The number of nitrogens with one attached hydrogen (secondary N) is 1. The standard InChI is InChI=1S/C14H15ClN2O4S/c1-9(13(18)16-2)22(19,20)8-12-7-21-14(17-12)10-4-3-5-11(15)6-10/h3-7,9H,8H2,1-2H3,(H,16,18)/t9-/m0/s1. The van der Waals surface area contributed by atoms with Gasteiger partial charge in [-0.05, 0) is 25.1 Å². The minimum atomic E-state index is -3.66. The lowest BCUT2D eigenvalue weighted by molar-refractivity contribution is -0.119. The zero-order valence-corrected chi connectivity index (χ0v) is 13.6. The first kappa shape index (κ1) is 16.5. The van der Waals surface area contributed by atoms with Crippen molar-refractivity contribution in [2.45, 2.75) is 17.9 Å². The van der Waals surface area contributed by atoms with Crippen LogP contribution in [0, 0.1) is 0 Å². The van der Waals surface area contributed by atoms with Crippen molar-refractivity contribution < 1.29 is 17.6 Å². The van der Waals surface area contributed by atoms with E-state index < -0.39 is 21.0 Å². The zero-order chi connectivity index (χ0) is 16.3. The molecule has 6 nitrogen and oxygen atoms in total. The number of carbonyl (C=O) groups excluding carboxylic acids is 1. The molecule has 1 atom stereocenters. The summed E-state index contributed by atoms with van der Waals surface area (Å²) < 4.78 is 29.6. The van der Waals surface area contributed by atoms with E-state index in [0.29, 0.717) is 10.6 Å². The Morgan fingerprint density at radius 1 is 1.45 bits per heavy atom. The van der Waals surface area contributed by atoms with Gasteiger partial charge in [-0.1, -0.05) is 17.7 Å². The molecule has 2 aromatic rings. The van der Waals surface area contributed by atoms with Crippen molar-refractivity contribution >= 4 is 27.3 Å². The summed E-state index contributed by atoms with van der Waals surface area (Å²) in [6, 6.07) is 6.87. The summed E-state index contributed by atoms with van der Waals surface area (Å²) in [7, 11) is -2.27. The number of sulfone groups is 1. The van der Waals surface area contributed by atoms with Crippen molar-refractivity contribution in [2.24, 2.45) is 0 Å². The highest BCUT2D eigenvalue weighted by Crippen LogP contribution is 2.23. The molecular formula is C14H15ClN2O4S. The summed E-state index contributed by atoms with van der Waals surface area (Å²) in [4.78, 5) is 15.6. The number of hydrogen-bond acceptors (Lipinski definition) is 5. The van der Waals surface area contributed by atoms with Gasteiger partial charge in [0.2, 0.25) is 11.8 Å². The number of hydrogen-bond donors (Lipinski definition) is 1. The van der Waals surface area contributed by atoms with Crippen LogP contribution in [0.4, 0.5) is 0 Å². The molecule has 0 spiro atoms. The molecule has 0 aliphatic rings. The SMILES string of the molecule is CNC(=O)[C@H](C)S(=O)(=O)Cc1coc(-c2cccc(Cl)c2)n1. The van der Waals surface area contributed by atoms with Crippen LogP contribution in [0.2, 0.25) is 5.02 Å². The van der Waals surface area contributed by atoms with Crippen molar-refractivity contribution in [3.8, 4) is 11.5 Å². The maximum Gasteiger partial charge on any atom is 0.237 e. The smallest absolute Gasteiger partial charge is 0.237 e. The van der Waals surface area contributed by atoms with E-state index in [2.05, 4.69) is 10.3 Å². The predicted molar refractivity (Wildman–Crippen MR) is 83.1 cm³/mol. The lowest BCUT2D eigenvalue weighted by Crippen LogP contribution is -2.36. The molecule has 118 valence electrons. The summed E-state index contributed by atoms with van der Waals surface area (Å²) in [5.41, 5.74) is 0.890. The maximum atomic E-state index is 12.1. The van der Waals surface area contributed by atoms with Gasteiger partial charge in [-0.3, -0.25) is 4.79 Å². The molecule has 1 heterocycles. The van der Waals surface area contributed by atoms with Gasteiger partial charge in [0, 0.05) is 17.6 Å². The summed E-state index contributed by atoms with van der Waals surface area (Å²) in [5.74, 6) is -0.648. The topological polar surface area (TPSA) is 89.3 Å². The monoisotopic (exact) mass is 342 g/mol. The van der Waals surface area contributed by atoms with Crippen molar-refractivity contribution in [1.82, 2.24) is 10.3 Å². The fourth-order valence-corrected chi connectivity index (χ4v) is 3.25. The number of rotatable bonds is 5. The van der Waals surface area contributed by atoms with E-state index in [1.807, 2.05) is 0 Å². The Kier molecular flexibility index (Phi) is 4.87. The Balaban J connectivity index is 2.21. The molecule has 0 fully saturated rings. The first-order chi connectivity index (χ1) is 10.3. The van der Waals surface area contributed by atoms with Gasteiger partial charge in [0.05, 0.1) is 11.4 Å². The van der Waals surface area contributed by atoms with Gasteiger partial charge in [0.15, 0.2) is 9.84 Å². The highest BCUT2D eigenvalue weighted by Gasteiger charge is 2.28. The Bertz CT molecular complexity index is 786. The van der Waals surface area contributed by atoms with Crippen molar-refractivity contribution in [2.75, 3.05) is 7.05 Å². The fraction of sp³-hybridized carbons (Fsp3) is 0.286. The van der Waals surface area contributed by atoms with Crippen LogP contribution in [0.1, 0.15) is 12.6 Å². The highest BCUT2D eigenvalue weighted by atomic mass is 35.5. The molecule has 8 heteroatoms. The van der Waals surface area contributed by atoms with Gasteiger partial charge in [-0.25, -0.2) is 13.4 Å². The molecule has 1 aromatic carbocycles. The molecule has 0 saturated carbocycles. The van der Waals surface area contributed by atoms with Gasteiger partial charge in [-0.15, -0.1) is 0 Å². The molecule has 0 unspecified atom stereocenters. The van der Waals surface area contributed by atoms with Crippen molar-refractivity contribution in [3.63, 3.8) is 0 Å². The van der Waals surface area contributed by atoms with E-state index in [9.17, 15) is 13.2 Å². The lowest BCUT2D eigenvalue weighted by Gasteiger charge is -2.09. The number of aromatic nitrogens is 1. The molecule has 0 radical (unpaired) electrons. The van der Waals surface area contributed by atoms with Gasteiger partial charge in [-0.2, -0.15) is 0 Å². The van der Waals surface area contributed by atoms with Crippen molar-refractivity contribution in [3.05, 3.63) is 41.2 Å². The van der Waals surface area contributed by atoms with Crippen LogP contribution in [-0.2, 0) is 20.4 Å². The lowest BCUT2D eigenvalue weighted by atomic mass is 10.2. The quantitative estimate of drug-likeness (QED) is 0.898. The summed E-state index contributed by atoms with van der Waals surface area (Å²) in [5, 5.41) is 1.69. The molecule has 22 heavy (non-hydrogen) atoms. The van der Waals surface area contributed by atoms with Crippen molar-refractivity contribution in [1.29, 1.82) is 0 Å². The second-order valence-corrected chi connectivity index (χ2v) is 7.48.